The summed E-state index contributed by atoms with van der Waals surface area (Å²) in [6.07, 6.45) is 1.32. The van der Waals surface area contributed by atoms with Crippen LogP contribution in [0.4, 0.5) is 13.2 Å². The molecule has 3 aromatic carbocycles. The molecule has 4 rings (SSSR count). The van der Waals surface area contributed by atoms with Crippen molar-refractivity contribution in [3.05, 3.63) is 125 Å². The molecule has 0 fully saturated rings. The van der Waals surface area contributed by atoms with Crippen LogP contribution in [-0.2, 0) is 20.9 Å². The molecule has 0 bridgehead atoms. The summed E-state index contributed by atoms with van der Waals surface area (Å²) >= 11 is 0. The van der Waals surface area contributed by atoms with Crippen LogP contribution in [0, 0.1) is 0 Å². The van der Waals surface area contributed by atoms with Gasteiger partial charge in [-0.1, -0.05) is 90.5 Å². The smallest absolute Gasteiger partial charge is 0.376 e. The van der Waals surface area contributed by atoms with Gasteiger partial charge in [-0.15, -0.1) is 12.4 Å². The van der Waals surface area contributed by atoms with Crippen LogP contribution in [-0.4, -0.2) is 28.2 Å². The molecular weight excluding hydrogens is 573 g/mol. The molecule has 0 unspecified atom stereocenters. The molecule has 0 amide bonds. The SMILES string of the molecule is CC1=CCC(COCCN[C@@H](c2ccccc2)[C@H](NS(=O)(=O)c2ccccc2C(F)(F)F)c2ccccc2)=CC1.Cl. The Hall–Kier alpha value is -2.95. The van der Waals surface area contributed by atoms with Gasteiger partial charge >= 0.3 is 6.18 Å². The Morgan fingerprint density at radius 2 is 1.41 bits per heavy atom. The average molecular weight is 607 g/mol. The quantitative estimate of drug-likeness (QED) is 0.170. The molecule has 3 aromatic rings. The summed E-state index contributed by atoms with van der Waals surface area (Å²) < 4.78 is 76.7. The normalized spacial score (nSPS) is 15.3. The lowest BCUT2D eigenvalue weighted by atomic mass is 9.94. The summed E-state index contributed by atoms with van der Waals surface area (Å²) in [6, 6.07) is 20.7. The molecule has 2 atom stereocenters. The van der Waals surface area contributed by atoms with Crippen LogP contribution in [0.25, 0.3) is 0 Å². The van der Waals surface area contributed by atoms with Gasteiger partial charge in [0.25, 0.3) is 0 Å². The summed E-state index contributed by atoms with van der Waals surface area (Å²) in [5.41, 5.74) is 2.71. The van der Waals surface area contributed by atoms with E-state index in [0.717, 1.165) is 30.5 Å². The maximum Gasteiger partial charge on any atom is 0.417 e. The van der Waals surface area contributed by atoms with Crippen molar-refractivity contribution in [2.24, 2.45) is 0 Å². The van der Waals surface area contributed by atoms with Crippen LogP contribution in [0.3, 0.4) is 0 Å². The van der Waals surface area contributed by atoms with Crippen molar-refractivity contribution >= 4 is 22.4 Å². The fraction of sp³-hybridized carbons (Fsp3) is 0.290. The number of halogens is 4. The molecule has 220 valence electrons. The van der Waals surface area contributed by atoms with Gasteiger partial charge in [0, 0.05) is 6.54 Å². The van der Waals surface area contributed by atoms with Crippen molar-refractivity contribution in [2.75, 3.05) is 19.8 Å². The number of hydrogen-bond acceptors (Lipinski definition) is 4. The van der Waals surface area contributed by atoms with Crippen LogP contribution in [0.2, 0.25) is 0 Å². The summed E-state index contributed by atoms with van der Waals surface area (Å²) in [5, 5.41) is 3.39. The van der Waals surface area contributed by atoms with Crippen molar-refractivity contribution in [3.8, 4) is 0 Å². The average Bonchev–Trinajstić information content (AvgIpc) is 2.95. The van der Waals surface area contributed by atoms with Gasteiger partial charge in [-0.3, -0.25) is 0 Å². The van der Waals surface area contributed by atoms with Crippen LogP contribution in [0.15, 0.2) is 113 Å². The molecule has 0 aromatic heterocycles. The Labute approximate surface area is 246 Å². The third-order valence-electron chi connectivity index (χ3n) is 6.74. The third kappa shape index (κ3) is 9.02. The first-order valence-electron chi connectivity index (χ1n) is 13.1. The van der Waals surface area contributed by atoms with Crippen molar-refractivity contribution in [1.82, 2.24) is 10.0 Å². The van der Waals surface area contributed by atoms with Crippen molar-refractivity contribution in [2.45, 2.75) is 42.9 Å². The predicted octanol–water partition coefficient (Wildman–Crippen LogP) is 7.16. The Morgan fingerprint density at radius 1 is 0.829 bits per heavy atom. The fourth-order valence-corrected chi connectivity index (χ4v) is 6.09. The molecule has 0 aliphatic heterocycles. The molecular formula is C31H34ClF3N2O3S. The zero-order valence-corrected chi connectivity index (χ0v) is 24.2. The minimum absolute atomic E-state index is 0. The van der Waals surface area contributed by atoms with Gasteiger partial charge < -0.3 is 10.1 Å². The highest BCUT2D eigenvalue weighted by molar-refractivity contribution is 7.89. The second-order valence-electron chi connectivity index (χ2n) is 9.72. The highest BCUT2D eigenvalue weighted by atomic mass is 35.5. The lowest BCUT2D eigenvalue weighted by molar-refractivity contribution is -0.139. The fourth-order valence-electron chi connectivity index (χ4n) is 4.63. The maximum absolute atomic E-state index is 13.7. The maximum atomic E-state index is 13.7. The van der Waals surface area contributed by atoms with E-state index in [9.17, 15) is 21.6 Å². The molecule has 0 spiro atoms. The van der Waals surface area contributed by atoms with E-state index in [0.29, 0.717) is 25.3 Å². The second kappa shape index (κ2) is 14.8. The molecule has 5 nitrogen and oxygen atoms in total. The zero-order chi connectivity index (χ0) is 28.6. The summed E-state index contributed by atoms with van der Waals surface area (Å²) in [7, 11) is -4.58. The van der Waals surface area contributed by atoms with Crippen molar-refractivity contribution in [3.63, 3.8) is 0 Å². The Bertz CT molecular complexity index is 1430. The van der Waals surface area contributed by atoms with E-state index in [2.05, 4.69) is 29.1 Å². The first-order chi connectivity index (χ1) is 19.1. The molecule has 0 saturated carbocycles. The van der Waals surface area contributed by atoms with Gasteiger partial charge in [0.15, 0.2) is 0 Å². The second-order valence-corrected chi connectivity index (χ2v) is 11.4. The standard InChI is InChI=1S/C31H33F3N2O3S.ClH/c1-23-16-18-24(19-17-23)22-39-21-20-35-29(25-10-4-2-5-11-25)30(26-12-6-3-7-13-26)36-40(37,38)28-15-9-8-14-27(28)31(32,33)34;/h2-16,19,29-30,35-36H,17-18,20-22H2,1H3;1H/t29-,30+;/m0./s1. The van der Waals surface area contributed by atoms with E-state index in [4.69, 9.17) is 4.74 Å². The number of hydrogen-bond donors (Lipinski definition) is 2. The lowest BCUT2D eigenvalue weighted by Gasteiger charge is -2.30. The third-order valence-corrected chi connectivity index (χ3v) is 8.24. The Kier molecular flexibility index (Phi) is 11.7. The minimum Gasteiger partial charge on any atom is -0.376 e. The van der Waals surface area contributed by atoms with Gasteiger partial charge in [-0.2, -0.15) is 13.2 Å². The highest BCUT2D eigenvalue weighted by Gasteiger charge is 2.38. The van der Waals surface area contributed by atoms with Gasteiger partial charge in [-0.05, 0) is 48.6 Å². The Balaban J connectivity index is 0.00000462. The molecule has 1 aliphatic rings. The summed E-state index contributed by atoms with van der Waals surface area (Å²) in [4.78, 5) is -0.816. The first-order valence-corrected chi connectivity index (χ1v) is 14.6. The first kappa shape index (κ1) is 32.6. The Morgan fingerprint density at radius 3 is 2.00 bits per heavy atom. The van der Waals surface area contributed by atoms with Crippen LogP contribution in [0.1, 0.15) is 48.5 Å². The van der Waals surface area contributed by atoms with Gasteiger partial charge in [0.2, 0.25) is 10.0 Å². The van der Waals surface area contributed by atoms with E-state index >= 15 is 0 Å². The molecule has 1 aliphatic carbocycles. The van der Waals surface area contributed by atoms with E-state index in [-0.39, 0.29) is 12.4 Å². The number of benzene rings is 3. The molecule has 0 radical (unpaired) electrons. The predicted molar refractivity (Wildman–Crippen MR) is 157 cm³/mol. The van der Waals surface area contributed by atoms with Crippen molar-refractivity contribution < 1.29 is 26.3 Å². The minimum atomic E-state index is -4.83. The molecule has 10 heteroatoms. The largest absolute Gasteiger partial charge is 0.417 e. The van der Waals surface area contributed by atoms with Crippen LogP contribution in [0.5, 0.6) is 0 Å². The molecule has 2 N–H and O–H groups in total. The van der Waals surface area contributed by atoms with Gasteiger partial charge in [0.1, 0.15) is 0 Å². The van der Waals surface area contributed by atoms with Crippen molar-refractivity contribution in [1.29, 1.82) is 0 Å². The lowest BCUT2D eigenvalue weighted by Crippen LogP contribution is -2.40. The van der Waals surface area contributed by atoms with E-state index in [1.807, 2.05) is 30.3 Å². The number of alkyl halides is 3. The van der Waals surface area contributed by atoms with Gasteiger partial charge in [0.05, 0.1) is 35.8 Å². The van der Waals surface area contributed by atoms with E-state index < -0.39 is 38.7 Å². The number of sulfonamides is 1. The van der Waals surface area contributed by atoms with Crippen LogP contribution >= 0.6 is 12.4 Å². The van der Waals surface area contributed by atoms with E-state index in [1.165, 1.54) is 23.3 Å². The molecule has 0 heterocycles. The number of nitrogens with one attached hydrogen (secondary N) is 2. The topological polar surface area (TPSA) is 67.4 Å². The highest BCUT2D eigenvalue weighted by Crippen LogP contribution is 2.36. The summed E-state index contributed by atoms with van der Waals surface area (Å²) in [5.74, 6) is 0. The van der Waals surface area contributed by atoms with Crippen LogP contribution < -0.4 is 10.0 Å². The summed E-state index contributed by atoms with van der Waals surface area (Å²) in [6.45, 7) is 3.37. The number of rotatable bonds is 12. The number of ether oxygens (including phenoxy) is 1. The number of allylic oxidation sites excluding steroid dienone is 3. The van der Waals surface area contributed by atoms with Gasteiger partial charge in [-0.25, -0.2) is 13.1 Å². The molecule has 0 saturated heterocycles. The monoisotopic (exact) mass is 606 g/mol. The van der Waals surface area contributed by atoms with E-state index in [1.54, 1.807) is 30.3 Å². The zero-order valence-electron chi connectivity index (χ0n) is 22.6. The molecule has 41 heavy (non-hydrogen) atoms.